The minimum Gasteiger partial charge on any atom is -0.293 e. The van der Waals surface area contributed by atoms with E-state index in [1.807, 2.05) is 30.5 Å². The SMILES string of the molecule is CCc1nc(Cn2cnc3sc(-c4ccccc4)c(C)c3c2=O)cs1. The Labute approximate surface area is 153 Å². The fourth-order valence-electron chi connectivity index (χ4n) is 2.90. The number of fused-ring (bicyclic) bond motifs is 1. The van der Waals surface area contributed by atoms with Crippen molar-refractivity contribution in [2.45, 2.75) is 26.8 Å². The minimum absolute atomic E-state index is 0.00646. The molecule has 3 aromatic heterocycles. The van der Waals surface area contributed by atoms with E-state index in [2.05, 4.69) is 29.0 Å². The van der Waals surface area contributed by atoms with Gasteiger partial charge in [0.15, 0.2) is 0 Å². The van der Waals surface area contributed by atoms with Crippen molar-refractivity contribution >= 4 is 32.9 Å². The second-order valence-electron chi connectivity index (χ2n) is 5.87. The molecule has 25 heavy (non-hydrogen) atoms. The molecular formula is C19H17N3OS2. The molecule has 4 rings (SSSR count). The van der Waals surface area contributed by atoms with Gasteiger partial charge in [0.05, 0.1) is 29.0 Å². The summed E-state index contributed by atoms with van der Waals surface area (Å²) in [6.07, 6.45) is 2.56. The molecule has 0 fully saturated rings. The molecular weight excluding hydrogens is 350 g/mol. The second-order valence-corrected chi connectivity index (χ2v) is 7.81. The maximum absolute atomic E-state index is 13.0. The molecule has 1 aromatic carbocycles. The molecule has 4 nitrogen and oxygen atoms in total. The monoisotopic (exact) mass is 367 g/mol. The van der Waals surface area contributed by atoms with Gasteiger partial charge < -0.3 is 0 Å². The summed E-state index contributed by atoms with van der Waals surface area (Å²) in [7, 11) is 0. The third kappa shape index (κ3) is 2.92. The van der Waals surface area contributed by atoms with Crippen LogP contribution in [0.2, 0.25) is 0 Å². The molecule has 0 unspecified atom stereocenters. The number of hydrogen-bond donors (Lipinski definition) is 0. The first-order valence-electron chi connectivity index (χ1n) is 8.14. The average molecular weight is 367 g/mol. The van der Waals surface area contributed by atoms with Crippen LogP contribution in [0.3, 0.4) is 0 Å². The van der Waals surface area contributed by atoms with Gasteiger partial charge in [-0.2, -0.15) is 0 Å². The van der Waals surface area contributed by atoms with Crippen molar-refractivity contribution in [1.82, 2.24) is 14.5 Å². The van der Waals surface area contributed by atoms with E-state index in [0.717, 1.165) is 43.3 Å². The Morgan fingerprint density at radius 2 is 2.00 bits per heavy atom. The average Bonchev–Trinajstić information content (AvgIpc) is 3.23. The molecule has 0 saturated carbocycles. The highest BCUT2D eigenvalue weighted by atomic mass is 32.1. The molecule has 0 aliphatic carbocycles. The summed E-state index contributed by atoms with van der Waals surface area (Å²) in [5.41, 5.74) is 3.06. The predicted octanol–water partition coefficient (Wildman–Crippen LogP) is 4.50. The zero-order valence-corrected chi connectivity index (χ0v) is 15.7. The van der Waals surface area contributed by atoms with E-state index in [4.69, 9.17) is 0 Å². The third-order valence-electron chi connectivity index (χ3n) is 4.19. The van der Waals surface area contributed by atoms with Gasteiger partial charge in [0.2, 0.25) is 0 Å². The molecule has 0 spiro atoms. The van der Waals surface area contributed by atoms with Gasteiger partial charge in [-0.15, -0.1) is 22.7 Å². The fraction of sp³-hybridized carbons (Fsp3) is 0.211. The Balaban J connectivity index is 1.80. The third-order valence-corrected chi connectivity index (χ3v) is 6.48. The maximum Gasteiger partial charge on any atom is 0.262 e. The highest BCUT2D eigenvalue weighted by molar-refractivity contribution is 7.22. The number of rotatable bonds is 4. The summed E-state index contributed by atoms with van der Waals surface area (Å²) >= 11 is 3.21. The van der Waals surface area contributed by atoms with Crippen molar-refractivity contribution in [3.05, 3.63) is 68.7 Å². The van der Waals surface area contributed by atoms with Gasteiger partial charge in [-0.1, -0.05) is 37.3 Å². The van der Waals surface area contributed by atoms with Crippen LogP contribution < -0.4 is 5.56 Å². The first-order valence-corrected chi connectivity index (χ1v) is 9.84. The molecule has 0 aliphatic heterocycles. The van der Waals surface area contributed by atoms with Crippen LogP contribution in [-0.2, 0) is 13.0 Å². The van der Waals surface area contributed by atoms with Gasteiger partial charge in [0, 0.05) is 10.3 Å². The van der Waals surface area contributed by atoms with Crippen LogP contribution in [0.4, 0.5) is 0 Å². The molecule has 0 aliphatic rings. The van der Waals surface area contributed by atoms with Crippen molar-refractivity contribution in [2.24, 2.45) is 0 Å². The van der Waals surface area contributed by atoms with Gasteiger partial charge in [0.1, 0.15) is 4.83 Å². The van der Waals surface area contributed by atoms with E-state index in [-0.39, 0.29) is 5.56 Å². The van der Waals surface area contributed by atoms with Crippen molar-refractivity contribution in [2.75, 3.05) is 0 Å². The molecule has 0 radical (unpaired) electrons. The van der Waals surface area contributed by atoms with Crippen molar-refractivity contribution in [1.29, 1.82) is 0 Å². The largest absolute Gasteiger partial charge is 0.293 e. The molecule has 0 N–H and O–H groups in total. The van der Waals surface area contributed by atoms with Crippen LogP contribution in [0.1, 0.15) is 23.2 Å². The Morgan fingerprint density at radius 3 is 2.72 bits per heavy atom. The molecule has 0 atom stereocenters. The normalized spacial score (nSPS) is 11.3. The number of thiophene rings is 1. The predicted molar refractivity (Wildman–Crippen MR) is 105 cm³/mol. The minimum atomic E-state index is 0.00646. The zero-order valence-electron chi connectivity index (χ0n) is 14.0. The zero-order chi connectivity index (χ0) is 17.4. The molecule has 3 heterocycles. The van der Waals surface area contributed by atoms with E-state index in [1.165, 1.54) is 0 Å². The maximum atomic E-state index is 13.0. The summed E-state index contributed by atoms with van der Waals surface area (Å²) < 4.78 is 1.66. The van der Waals surface area contributed by atoms with E-state index < -0.39 is 0 Å². The summed E-state index contributed by atoms with van der Waals surface area (Å²) in [5, 5.41) is 3.83. The van der Waals surface area contributed by atoms with Crippen LogP contribution in [0.25, 0.3) is 20.7 Å². The lowest BCUT2D eigenvalue weighted by Crippen LogP contribution is -2.21. The van der Waals surface area contributed by atoms with Crippen LogP contribution in [0.5, 0.6) is 0 Å². The van der Waals surface area contributed by atoms with E-state index in [1.54, 1.807) is 33.6 Å². The van der Waals surface area contributed by atoms with Crippen molar-refractivity contribution in [3.63, 3.8) is 0 Å². The topological polar surface area (TPSA) is 47.8 Å². The fourth-order valence-corrected chi connectivity index (χ4v) is 4.78. The van der Waals surface area contributed by atoms with Crippen LogP contribution in [-0.4, -0.2) is 14.5 Å². The summed E-state index contributed by atoms with van der Waals surface area (Å²) in [4.78, 5) is 24.0. The number of aromatic nitrogens is 3. The first kappa shape index (κ1) is 16.2. The number of thiazole rings is 1. The number of hydrogen-bond acceptors (Lipinski definition) is 5. The van der Waals surface area contributed by atoms with E-state index in [0.29, 0.717) is 6.54 Å². The summed E-state index contributed by atoms with van der Waals surface area (Å²) in [6, 6.07) is 10.2. The Kier molecular flexibility index (Phi) is 4.23. The van der Waals surface area contributed by atoms with Gasteiger partial charge in [0.25, 0.3) is 5.56 Å². The van der Waals surface area contributed by atoms with Gasteiger partial charge in [-0.05, 0) is 24.5 Å². The molecule has 6 heteroatoms. The Morgan fingerprint density at radius 1 is 1.20 bits per heavy atom. The van der Waals surface area contributed by atoms with E-state index in [9.17, 15) is 4.79 Å². The van der Waals surface area contributed by atoms with Crippen LogP contribution in [0, 0.1) is 6.92 Å². The Bertz CT molecular complexity index is 1090. The second kappa shape index (κ2) is 6.54. The number of benzene rings is 1. The lowest BCUT2D eigenvalue weighted by atomic mass is 10.1. The smallest absolute Gasteiger partial charge is 0.262 e. The lowest BCUT2D eigenvalue weighted by molar-refractivity contribution is 0.731. The summed E-state index contributed by atoms with van der Waals surface area (Å²) in [5.74, 6) is 0. The highest BCUT2D eigenvalue weighted by Crippen LogP contribution is 2.35. The molecule has 0 amide bonds. The molecule has 0 saturated heterocycles. The first-order chi connectivity index (χ1) is 12.2. The van der Waals surface area contributed by atoms with Gasteiger partial charge in [-0.25, -0.2) is 9.97 Å². The van der Waals surface area contributed by atoms with E-state index >= 15 is 0 Å². The highest BCUT2D eigenvalue weighted by Gasteiger charge is 2.16. The summed E-state index contributed by atoms with van der Waals surface area (Å²) in [6.45, 7) is 4.56. The lowest BCUT2D eigenvalue weighted by Gasteiger charge is -2.03. The van der Waals surface area contributed by atoms with Crippen molar-refractivity contribution < 1.29 is 0 Å². The standard InChI is InChI=1S/C19H17N3OS2/c1-3-15-21-14(10-24-15)9-22-11-20-18-16(19(22)23)12(2)17(25-18)13-7-5-4-6-8-13/h4-8,10-11H,3,9H2,1-2H3. The molecule has 4 aromatic rings. The Hall–Kier alpha value is -2.31. The molecule has 0 bridgehead atoms. The molecule has 126 valence electrons. The number of nitrogens with zero attached hydrogens (tertiary/aromatic N) is 3. The van der Waals surface area contributed by atoms with Crippen LogP contribution in [0.15, 0.2) is 46.8 Å². The van der Waals surface area contributed by atoms with Crippen LogP contribution >= 0.6 is 22.7 Å². The van der Waals surface area contributed by atoms with Crippen molar-refractivity contribution in [3.8, 4) is 10.4 Å². The van der Waals surface area contributed by atoms with Gasteiger partial charge >= 0.3 is 0 Å². The van der Waals surface area contributed by atoms with Gasteiger partial charge in [-0.3, -0.25) is 9.36 Å². The number of aryl methyl sites for hydroxylation is 2. The quantitative estimate of drug-likeness (QED) is 0.533.